The van der Waals surface area contributed by atoms with Crippen LogP contribution in [0, 0.1) is 6.92 Å². The first-order valence-corrected chi connectivity index (χ1v) is 10.00. The van der Waals surface area contributed by atoms with E-state index in [0.29, 0.717) is 34.1 Å². The highest BCUT2D eigenvalue weighted by Gasteiger charge is 2.48. The summed E-state index contributed by atoms with van der Waals surface area (Å²) in [7, 11) is 4.51. The van der Waals surface area contributed by atoms with E-state index in [1.54, 1.807) is 55.5 Å². The SMILES string of the molecule is COc1ccc(/C(O)=C2\C(=O)C(=O)N(c3cc(C)on3)[C@H]2c2ccc(OC)c(OC)c2)cc1. The van der Waals surface area contributed by atoms with Gasteiger partial charge in [0.2, 0.25) is 0 Å². The molecule has 1 aromatic heterocycles. The molecule has 170 valence electrons. The van der Waals surface area contributed by atoms with Gasteiger partial charge in [0.1, 0.15) is 17.3 Å². The number of hydrogen-bond donors (Lipinski definition) is 1. The van der Waals surface area contributed by atoms with E-state index in [0.717, 1.165) is 0 Å². The summed E-state index contributed by atoms with van der Waals surface area (Å²) >= 11 is 0. The first-order valence-electron chi connectivity index (χ1n) is 10.00. The summed E-state index contributed by atoms with van der Waals surface area (Å²) in [4.78, 5) is 27.4. The molecule has 3 aromatic rings. The fourth-order valence-corrected chi connectivity index (χ4v) is 3.78. The van der Waals surface area contributed by atoms with E-state index in [-0.39, 0.29) is 17.2 Å². The lowest BCUT2D eigenvalue weighted by molar-refractivity contribution is -0.132. The molecular weight excluding hydrogens is 428 g/mol. The Bertz CT molecular complexity index is 1240. The summed E-state index contributed by atoms with van der Waals surface area (Å²) in [5.74, 6) is 0.0882. The predicted octanol–water partition coefficient (Wildman–Crippen LogP) is 3.64. The van der Waals surface area contributed by atoms with Gasteiger partial charge in [-0.25, -0.2) is 0 Å². The number of carbonyl (C=O) groups excluding carboxylic acids is 2. The van der Waals surface area contributed by atoms with Gasteiger partial charge in [-0.15, -0.1) is 0 Å². The second kappa shape index (κ2) is 8.70. The monoisotopic (exact) mass is 450 g/mol. The molecule has 1 amide bonds. The number of benzene rings is 2. The van der Waals surface area contributed by atoms with Gasteiger partial charge in [-0.2, -0.15) is 0 Å². The summed E-state index contributed by atoms with van der Waals surface area (Å²) in [6.45, 7) is 1.68. The van der Waals surface area contributed by atoms with Gasteiger partial charge < -0.3 is 23.8 Å². The number of methoxy groups -OCH3 is 3. The third-order valence-corrected chi connectivity index (χ3v) is 5.39. The third-order valence-electron chi connectivity index (χ3n) is 5.39. The van der Waals surface area contributed by atoms with E-state index in [9.17, 15) is 14.7 Å². The van der Waals surface area contributed by atoms with Gasteiger partial charge in [0.05, 0.1) is 32.9 Å². The van der Waals surface area contributed by atoms with Gasteiger partial charge in [-0.3, -0.25) is 14.5 Å². The number of nitrogens with zero attached hydrogens (tertiary/aromatic N) is 2. The number of aromatic nitrogens is 1. The van der Waals surface area contributed by atoms with E-state index < -0.39 is 17.7 Å². The first-order chi connectivity index (χ1) is 15.9. The van der Waals surface area contributed by atoms with Gasteiger partial charge in [-0.1, -0.05) is 11.2 Å². The zero-order chi connectivity index (χ0) is 23.7. The zero-order valence-corrected chi connectivity index (χ0v) is 18.5. The van der Waals surface area contributed by atoms with Gasteiger partial charge in [0.15, 0.2) is 17.3 Å². The molecule has 0 saturated carbocycles. The van der Waals surface area contributed by atoms with Crippen molar-refractivity contribution in [3.63, 3.8) is 0 Å². The van der Waals surface area contributed by atoms with Crippen LogP contribution in [-0.2, 0) is 9.59 Å². The first kappa shape index (κ1) is 21.9. The van der Waals surface area contributed by atoms with Crippen molar-refractivity contribution in [3.05, 3.63) is 71.0 Å². The number of ketones is 1. The Hall–Kier alpha value is -4.27. The van der Waals surface area contributed by atoms with E-state index >= 15 is 0 Å². The van der Waals surface area contributed by atoms with Gasteiger partial charge in [0, 0.05) is 11.6 Å². The summed E-state index contributed by atoms with van der Waals surface area (Å²) < 4.78 is 21.0. The summed E-state index contributed by atoms with van der Waals surface area (Å²) in [5.41, 5.74) is 0.788. The van der Waals surface area contributed by atoms with Gasteiger partial charge in [-0.05, 0) is 48.9 Å². The fraction of sp³-hybridized carbons (Fsp3) is 0.208. The van der Waals surface area contributed by atoms with Crippen LogP contribution in [0.4, 0.5) is 5.82 Å². The minimum Gasteiger partial charge on any atom is -0.507 e. The molecule has 2 heterocycles. The smallest absolute Gasteiger partial charge is 0.301 e. The Morgan fingerprint density at radius 1 is 0.970 bits per heavy atom. The number of anilines is 1. The minimum atomic E-state index is -0.976. The van der Waals surface area contributed by atoms with Crippen LogP contribution < -0.4 is 19.1 Å². The van der Waals surface area contributed by atoms with Crippen LogP contribution >= 0.6 is 0 Å². The van der Waals surface area contributed by atoms with Crippen LogP contribution in [0.25, 0.3) is 5.76 Å². The zero-order valence-electron chi connectivity index (χ0n) is 18.5. The summed E-state index contributed by atoms with van der Waals surface area (Å²) in [6.07, 6.45) is 0. The number of ether oxygens (including phenoxy) is 3. The van der Waals surface area contributed by atoms with Crippen molar-refractivity contribution in [3.8, 4) is 17.2 Å². The Morgan fingerprint density at radius 2 is 1.67 bits per heavy atom. The molecule has 0 radical (unpaired) electrons. The van der Waals surface area contributed by atoms with Crippen molar-refractivity contribution in [2.45, 2.75) is 13.0 Å². The van der Waals surface area contributed by atoms with Crippen molar-refractivity contribution in [2.24, 2.45) is 0 Å². The van der Waals surface area contributed by atoms with Crippen molar-refractivity contribution in [1.29, 1.82) is 0 Å². The lowest BCUT2D eigenvalue weighted by Gasteiger charge is -2.23. The number of aliphatic hydroxyl groups is 1. The number of aliphatic hydroxyl groups excluding tert-OH is 1. The fourth-order valence-electron chi connectivity index (χ4n) is 3.78. The average Bonchev–Trinajstić information content (AvgIpc) is 3.38. The molecule has 1 aliphatic rings. The van der Waals surface area contributed by atoms with Crippen LogP contribution in [0.3, 0.4) is 0 Å². The number of hydrogen-bond acceptors (Lipinski definition) is 8. The van der Waals surface area contributed by atoms with Crippen LogP contribution in [-0.4, -0.2) is 43.3 Å². The minimum absolute atomic E-state index is 0.0851. The predicted molar refractivity (Wildman–Crippen MR) is 119 cm³/mol. The Balaban J connectivity index is 1.93. The molecule has 0 bridgehead atoms. The van der Waals surface area contributed by atoms with E-state index in [1.807, 2.05) is 0 Å². The molecule has 1 aliphatic heterocycles. The molecule has 1 N–H and O–H groups in total. The maximum absolute atomic E-state index is 13.1. The van der Waals surface area contributed by atoms with E-state index in [2.05, 4.69) is 5.16 Å². The molecule has 0 unspecified atom stereocenters. The van der Waals surface area contributed by atoms with Gasteiger partial charge in [0.25, 0.3) is 5.78 Å². The normalized spacial score (nSPS) is 17.3. The Morgan fingerprint density at radius 3 is 2.24 bits per heavy atom. The highest BCUT2D eigenvalue weighted by Crippen LogP contribution is 2.44. The number of Topliss-reactive ketones (excluding diaryl/α,β-unsaturated/α-hetero) is 1. The molecule has 9 heteroatoms. The standard InChI is InChI=1S/C24H22N2O7/c1-13-11-19(25-33-13)26-21(15-7-10-17(31-3)18(12-15)32-4)20(23(28)24(26)29)22(27)14-5-8-16(30-2)9-6-14/h5-12,21,27H,1-4H3/b22-20+/t21-/m0/s1. The number of aryl methyl sites for hydroxylation is 1. The van der Waals surface area contributed by atoms with Crippen molar-refractivity contribution in [2.75, 3.05) is 26.2 Å². The van der Waals surface area contributed by atoms with Gasteiger partial charge >= 0.3 is 5.91 Å². The Kier molecular flexibility index (Phi) is 5.78. The molecule has 1 atom stereocenters. The van der Waals surface area contributed by atoms with E-state index in [4.69, 9.17) is 18.7 Å². The second-order valence-corrected chi connectivity index (χ2v) is 7.31. The maximum atomic E-state index is 13.1. The largest absolute Gasteiger partial charge is 0.507 e. The maximum Gasteiger partial charge on any atom is 0.301 e. The average molecular weight is 450 g/mol. The third kappa shape index (κ3) is 3.78. The highest BCUT2D eigenvalue weighted by atomic mass is 16.5. The van der Waals surface area contributed by atoms with Crippen LogP contribution in [0.2, 0.25) is 0 Å². The van der Waals surface area contributed by atoms with E-state index in [1.165, 1.54) is 26.2 Å². The molecule has 9 nitrogen and oxygen atoms in total. The van der Waals surface area contributed by atoms with Crippen molar-refractivity contribution >= 4 is 23.3 Å². The quantitative estimate of drug-likeness (QED) is 0.344. The summed E-state index contributed by atoms with van der Waals surface area (Å²) in [6, 6.07) is 12.1. The van der Waals surface area contributed by atoms with Crippen molar-refractivity contribution in [1.82, 2.24) is 5.16 Å². The molecule has 2 aromatic carbocycles. The molecular formula is C24H22N2O7. The number of carbonyl (C=O) groups is 2. The number of amides is 1. The molecule has 1 saturated heterocycles. The topological polar surface area (TPSA) is 111 Å². The molecule has 0 spiro atoms. The lowest BCUT2D eigenvalue weighted by atomic mass is 9.95. The molecule has 0 aliphatic carbocycles. The lowest BCUT2D eigenvalue weighted by Crippen LogP contribution is -2.29. The van der Waals surface area contributed by atoms with Crippen molar-refractivity contribution < 1.29 is 33.4 Å². The number of rotatable bonds is 6. The summed E-state index contributed by atoms with van der Waals surface area (Å²) in [5, 5.41) is 15.1. The second-order valence-electron chi connectivity index (χ2n) is 7.31. The highest BCUT2D eigenvalue weighted by molar-refractivity contribution is 6.51. The molecule has 4 rings (SSSR count). The van der Waals surface area contributed by atoms with Crippen LogP contribution in [0.1, 0.15) is 22.9 Å². The molecule has 33 heavy (non-hydrogen) atoms. The van der Waals surface area contributed by atoms with Crippen LogP contribution in [0.15, 0.2) is 58.6 Å². The molecule has 1 fully saturated rings. The Labute approximate surface area is 189 Å². The van der Waals surface area contributed by atoms with Crippen LogP contribution in [0.5, 0.6) is 17.2 Å².